The molecular formula is C11H21N3O5. The second-order valence-corrected chi connectivity index (χ2v) is 5.38. The van der Waals surface area contributed by atoms with Crippen molar-refractivity contribution in [2.45, 2.75) is 25.0 Å². The van der Waals surface area contributed by atoms with E-state index in [0.29, 0.717) is 4.48 Å². The number of likely N-dealkylation sites (N-methyl/N-ethyl adjacent to an activating group) is 1. The van der Waals surface area contributed by atoms with Gasteiger partial charge in [0, 0.05) is 12.4 Å². The minimum Gasteiger partial charge on any atom is -0.550 e. The Balaban J connectivity index is 4.58. The number of quaternary nitrogens is 1. The molecule has 4 N–H and O–H groups in total. The van der Waals surface area contributed by atoms with Gasteiger partial charge in [-0.25, -0.2) is 0 Å². The van der Waals surface area contributed by atoms with Crippen LogP contribution in [0.2, 0.25) is 0 Å². The summed E-state index contributed by atoms with van der Waals surface area (Å²) in [4.78, 5) is 32.8. The molecule has 0 unspecified atom stereocenters. The van der Waals surface area contributed by atoms with Crippen LogP contribution in [-0.4, -0.2) is 62.2 Å². The molecule has 0 heterocycles. The number of hydrogen-bond donors (Lipinski definition) is 2. The van der Waals surface area contributed by atoms with Gasteiger partial charge in [0.25, 0.3) is 0 Å². The molecule has 0 aromatic rings. The minimum absolute atomic E-state index is 0.281. The zero-order valence-corrected chi connectivity index (χ0v) is 11.4. The Morgan fingerprint density at radius 3 is 2.11 bits per heavy atom. The van der Waals surface area contributed by atoms with Gasteiger partial charge in [-0.05, 0) is 0 Å². The number of ether oxygens (including phenoxy) is 1. The van der Waals surface area contributed by atoms with Crippen molar-refractivity contribution in [1.29, 1.82) is 0 Å². The number of carbonyl (C=O) groups excluding carboxylic acids is 3. The normalized spacial score (nSPS) is 14.5. The Morgan fingerprint density at radius 2 is 1.74 bits per heavy atom. The molecule has 2 atom stereocenters. The second kappa shape index (κ2) is 7.05. The molecule has 0 saturated heterocycles. The third-order valence-corrected chi connectivity index (χ3v) is 2.15. The van der Waals surface area contributed by atoms with Gasteiger partial charge in [0.05, 0.1) is 27.6 Å². The van der Waals surface area contributed by atoms with Gasteiger partial charge < -0.3 is 30.6 Å². The zero-order valence-electron chi connectivity index (χ0n) is 11.4. The number of amides is 1. The first-order valence-corrected chi connectivity index (χ1v) is 5.76. The Hall–Kier alpha value is -1.67. The summed E-state index contributed by atoms with van der Waals surface area (Å²) in [5, 5.41) is 10.6. The molecule has 0 radical (unpaired) electrons. The standard InChI is InChI=1S/C11H21N3O5/c1-14(2,3)6-7(4-10(16)17)19-11(18)8(12)5-9(13)15/h7-8H,4-6,12H2,1-3H3,(H2-,13,15,16,17)/t7-,8+/m1/s1. The van der Waals surface area contributed by atoms with E-state index in [4.69, 9.17) is 16.2 Å². The number of esters is 1. The summed E-state index contributed by atoms with van der Waals surface area (Å²) in [6.07, 6.45) is -1.64. The monoisotopic (exact) mass is 275 g/mol. The average molecular weight is 275 g/mol. The third kappa shape index (κ3) is 8.97. The molecule has 110 valence electrons. The van der Waals surface area contributed by atoms with Crippen LogP contribution in [-0.2, 0) is 19.1 Å². The van der Waals surface area contributed by atoms with Crippen molar-refractivity contribution in [3.8, 4) is 0 Å². The molecule has 8 nitrogen and oxygen atoms in total. The van der Waals surface area contributed by atoms with Crippen LogP contribution in [0.5, 0.6) is 0 Å². The van der Waals surface area contributed by atoms with Crippen LogP contribution >= 0.6 is 0 Å². The van der Waals surface area contributed by atoms with E-state index >= 15 is 0 Å². The van der Waals surface area contributed by atoms with Crippen molar-refractivity contribution in [2.75, 3.05) is 27.7 Å². The number of carboxylic acids is 1. The summed E-state index contributed by atoms with van der Waals surface area (Å²) in [6, 6.07) is -1.19. The number of hydrogen-bond acceptors (Lipinski definition) is 6. The Bertz CT molecular complexity index is 351. The van der Waals surface area contributed by atoms with Crippen molar-refractivity contribution in [2.24, 2.45) is 11.5 Å². The number of carboxylic acid groups (broad SMARTS) is 1. The smallest absolute Gasteiger partial charge is 0.323 e. The van der Waals surface area contributed by atoms with Crippen LogP contribution in [0.1, 0.15) is 12.8 Å². The number of primary amides is 1. The SMILES string of the molecule is C[N+](C)(C)C[C@@H](CC(=O)[O-])OC(=O)[C@@H](N)CC(N)=O. The van der Waals surface area contributed by atoms with E-state index in [1.807, 2.05) is 21.1 Å². The van der Waals surface area contributed by atoms with Gasteiger partial charge >= 0.3 is 5.97 Å². The highest BCUT2D eigenvalue weighted by Gasteiger charge is 2.26. The van der Waals surface area contributed by atoms with Crippen LogP contribution in [0.15, 0.2) is 0 Å². The lowest BCUT2D eigenvalue weighted by Crippen LogP contribution is -2.47. The van der Waals surface area contributed by atoms with E-state index in [1.54, 1.807) is 0 Å². The second-order valence-electron chi connectivity index (χ2n) is 5.38. The Kier molecular flexibility index (Phi) is 6.43. The van der Waals surface area contributed by atoms with Gasteiger partial charge in [-0.15, -0.1) is 0 Å². The van der Waals surface area contributed by atoms with Gasteiger partial charge in [0.2, 0.25) is 5.91 Å². The average Bonchev–Trinajstić information content (AvgIpc) is 2.11. The van der Waals surface area contributed by atoms with E-state index in [9.17, 15) is 19.5 Å². The van der Waals surface area contributed by atoms with Crippen LogP contribution in [0.4, 0.5) is 0 Å². The van der Waals surface area contributed by atoms with Crippen LogP contribution in [0.3, 0.4) is 0 Å². The molecule has 0 bridgehead atoms. The molecule has 0 spiro atoms. The first-order valence-electron chi connectivity index (χ1n) is 5.76. The molecule has 0 aromatic heterocycles. The Morgan fingerprint density at radius 1 is 1.21 bits per heavy atom. The van der Waals surface area contributed by atoms with E-state index in [1.165, 1.54) is 0 Å². The summed E-state index contributed by atoms with van der Waals surface area (Å²) in [5.74, 6) is -2.90. The molecule has 0 aliphatic rings. The van der Waals surface area contributed by atoms with Gasteiger partial charge in [-0.1, -0.05) is 0 Å². The third-order valence-electron chi connectivity index (χ3n) is 2.15. The molecule has 0 rings (SSSR count). The maximum atomic E-state index is 11.6. The van der Waals surface area contributed by atoms with Crippen molar-refractivity contribution >= 4 is 17.8 Å². The van der Waals surface area contributed by atoms with Crippen molar-refractivity contribution < 1.29 is 28.7 Å². The summed E-state index contributed by atoms with van der Waals surface area (Å²) in [5.41, 5.74) is 10.3. The minimum atomic E-state index is -1.32. The van der Waals surface area contributed by atoms with Gasteiger partial charge in [0.15, 0.2) is 6.10 Å². The highest BCUT2D eigenvalue weighted by atomic mass is 16.5. The summed E-state index contributed by atoms with van der Waals surface area (Å²) >= 11 is 0. The quantitative estimate of drug-likeness (QED) is 0.357. The fourth-order valence-corrected chi connectivity index (χ4v) is 1.49. The van der Waals surface area contributed by atoms with Crippen molar-refractivity contribution in [3.05, 3.63) is 0 Å². The van der Waals surface area contributed by atoms with Crippen molar-refractivity contribution in [3.63, 3.8) is 0 Å². The number of nitrogens with zero attached hydrogens (tertiary/aromatic N) is 1. The lowest BCUT2D eigenvalue weighted by molar-refractivity contribution is -0.873. The highest BCUT2D eigenvalue weighted by Crippen LogP contribution is 2.06. The van der Waals surface area contributed by atoms with E-state index in [0.717, 1.165) is 0 Å². The molecular weight excluding hydrogens is 254 g/mol. The summed E-state index contributed by atoms with van der Waals surface area (Å²) < 4.78 is 5.39. The number of aliphatic carboxylic acids is 1. The molecule has 19 heavy (non-hydrogen) atoms. The number of rotatable bonds is 8. The molecule has 1 amide bonds. The van der Waals surface area contributed by atoms with Gasteiger partial charge in [0.1, 0.15) is 12.6 Å². The largest absolute Gasteiger partial charge is 0.550 e. The lowest BCUT2D eigenvalue weighted by atomic mass is 10.2. The van der Waals surface area contributed by atoms with Crippen molar-refractivity contribution in [1.82, 2.24) is 0 Å². The van der Waals surface area contributed by atoms with Crippen LogP contribution < -0.4 is 16.6 Å². The summed E-state index contributed by atoms with van der Waals surface area (Å²) in [6.45, 7) is 0.281. The maximum absolute atomic E-state index is 11.6. The maximum Gasteiger partial charge on any atom is 0.323 e. The first-order chi connectivity index (χ1) is 8.51. The fraction of sp³-hybridized carbons (Fsp3) is 0.727. The molecule has 8 heteroatoms. The van der Waals surface area contributed by atoms with E-state index in [2.05, 4.69) is 0 Å². The van der Waals surface area contributed by atoms with Crippen LogP contribution in [0, 0.1) is 0 Å². The fourth-order valence-electron chi connectivity index (χ4n) is 1.49. The molecule has 0 fully saturated rings. The number of nitrogens with two attached hydrogens (primary N) is 2. The van der Waals surface area contributed by atoms with Gasteiger partial charge in [-0.2, -0.15) is 0 Å². The molecule has 0 saturated carbocycles. The topological polar surface area (TPSA) is 136 Å². The molecule has 0 aromatic carbocycles. The summed E-state index contributed by atoms with van der Waals surface area (Å²) in [7, 11) is 5.46. The molecule has 0 aliphatic carbocycles. The molecule has 0 aliphatic heterocycles. The predicted octanol–water partition coefficient (Wildman–Crippen LogP) is -3.05. The van der Waals surface area contributed by atoms with Crippen LogP contribution in [0.25, 0.3) is 0 Å². The number of carbonyl (C=O) groups is 3. The van der Waals surface area contributed by atoms with E-state index < -0.39 is 36.4 Å². The van der Waals surface area contributed by atoms with Gasteiger partial charge in [-0.3, -0.25) is 9.59 Å². The zero-order chi connectivity index (χ0) is 15.2. The first kappa shape index (κ1) is 17.3. The lowest BCUT2D eigenvalue weighted by Gasteiger charge is -2.29. The predicted molar refractivity (Wildman–Crippen MR) is 64.2 cm³/mol. The highest BCUT2D eigenvalue weighted by molar-refractivity contribution is 5.84. The van der Waals surface area contributed by atoms with E-state index in [-0.39, 0.29) is 13.0 Å². The Labute approximate surface area is 111 Å².